The van der Waals surface area contributed by atoms with E-state index >= 15 is 0 Å². The Bertz CT molecular complexity index is 334. The maximum absolute atomic E-state index is 12.2. The lowest BCUT2D eigenvalue weighted by molar-refractivity contribution is -0.122. The number of hydrogen-bond acceptors (Lipinski definition) is 3. The van der Waals surface area contributed by atoms with E-state index in [0.29, 0.717) is 12.2 Å². The molecule has 1 aliphatic rings. The lowest BCUT2D eigenvalue weighted by Gasteiger charge is -2.19. The highest BCUT2D eigenvalue weighted by atomic mass is 32.1. The van der Waals surface area contributed by atoms with Crippen molar-refractivity contribution in [2.75, 3.05) is 0 Å². The van der Waals surface area contributed by atoms with Gasteiger partial charge in [-0.1, -0.05) is 25.3 Å². The molecule has 2 atom stereocenters. The van der Waals surface area contributed by atoms with Gasteiger partial charge in [0.15, 0.2) is 0 Å². The molecule has 2 unspecified atom stereocenters. The van der Waals surface area contributed by atoms with Crippen LogP contribution in [0, 0.1) is 5.92 Å². The molecule has 0 radical (unpaired) electrons. The second-order valence-corrected chi connectivity index (χ2v) is 5.66. The van der Waals surface area contributed by atoms with E-state index in [-0.39, 0.29) is 12.0 Å². The third-order valence-corrected chi connectivity index (χ3v) is 4.29. The fraction of sp³-hybridized carbons (Fsp3) is 0.615. The second-order valence-electron chi connectivity index (χ2n) is 4.63. The van der Waals surface area contributed by atoms with Crippen molar-refractivity contribution in [1.82, 2.24) is 0 Å². The van der Waals surface area contributed by atoms with Gasteiger partial charge in [-0.3, -0.25) is 4.79 Å². The highest BCUT2D eigenvalue weighted by Crippen LogP contribution is 2.24. The van der Waals surface area contributed by atoms with Crippen LogP contribution in [-0.4, -0.2) is 11.8 Å². The first kappa shape index (κ1) is 11.8. The molecule has 1 aromatic rings. The van der Waals surface area contributed by atoms with Crippen molar-refractivity contribution >= 4 is 17.1 Å². The van der Waals surface area contributed by atoms with Gasteiger partial charge in [0.25, 0.3) is 0 Å². The minimum absolute atomic E-state index is 0.0926. The number of carbonyl (C=O) groups excluding carboxylic acids is 1. The van der Waals surface area contributed by atoms with Crippen LogP contribution in [0.15, 0.2) is 17.5 Å². The fourth-order valence-corrected chi connectivity index (χ4v) is 3.17. The zero-order chi connectivity index (χ0) is 11.4. The number of hydrogen-bond donors (Lipinski definition) is 1. The Morgan fingerprint density at radius 1 is 1.38 bits per heavy atom. The van der Waals surface area contributed by atoms with Crippen LogP contribution in [0.25, 0.3) is 0 Å². The maximum Gasteiger partial charge on any atom is 0.142 e. The number of thiophene rings is 1. The van der Waals surface area contributed by atoms with E-state index in [2.05, 4.69) is 0 Å². The first-order valence-corrected chi connectivity index (χ1v) is 6.96. The van der Waals surface area contributed by atoms with Crippen LogP contribution < -0.4 is 5.73 Å². The van der Waals surface area contributed by atoms with Gasteiger partial charge in [-0.2, -0.15) is 0 Å². The lowest BCUT2D eigenvalue weighted by Crippen LogP contribution is -2.35. The monoisotopic (exact) mass is 237 g/mol. The average molecular weight is 237 g/mol. The molecule has 0 spiro atoms. The van der Waals surface area contributed by atoms with Crippen molar-refractivity contribution in [2.45, 2.75) is 44.6 Å². The number of rotatable bonds is 3. The zero-order valence-electron chi connectivity index (χ0n) is 9.52. The predicted molar refractivity (Wildman–Crippen MR) is 67.6 cm³/mol. The molecule has 0 bridgehead atoms. The number of ketones is 1. The van der Waals surface area contributed by atoms with E-state index in [9.17, 15) is 4.79 Å². The Balaban J connectivity index is 1.97. The Morgan fingerprint density at radius 2 is 2.19 bits per heavy atom. The fourth-order valence-electron chi connectivity index (χ4n) is 2.45. The minimum atomic E-state index is 0.0926. The Morgan fingerprint density at radius 3 is 2.94 bits per heavy atom. The van der Waals surface area contributed by atoms with Gasteiger partial charge in [0.05, 0.1) is 0 Å². The smallest absolute Gasteiger partial charge is 0.142 e. The molecule has 0 aromatic carbocycles. The van der Waals surface area contributed by atoms with Crippen LogP contribution in [0.3, 0.4) is 0 Å². The lowest BCUT2D eigenvalue weighted by atomic mass is 9.89. The van der Waals surface area contributed by atoms with Gasteiger partial charge < -0.3 is 5.73 Å². The first-order chi connectivity index (χ1) is 7.77. The molecule has 88 valence electrons. The van der Waals surface area contributed by atoms with Gasteiger partial charge in [-0.05, 0) is 24.3 Å². The SMILES string of the molecule is NC1CCCCCC1C(=O)Cc1cccs1. The van der Waals surface area contributed by atoms with Crippen molar-refractivity contribution in [3.05, 3.63) is 22.4 Å². The molecule has 1 aromatic heterocycles. The summed E-state index contributed by atoms with van der Waals surface area (Å²) in [5, 5.41) is 2.02. The van der Waals surface area contributed by atoms with Crippen LogP contribution in [0.5, 0.6) is 0 Å². The summed E-state index contributed by atoms with van der Waals surface area (Å²) in [6.07, 6.45) is 6.16. The molecule has 1 fully saturated rings. The van der Waals surface area contributed by atoms with E-state index < -0.39 is 0 Å². The topological polar surface area (TPSA) is 43.1 Å². The van der Waals surface area contributed by atoms with Crippen molar-refractivity contribution in [3.63, 3.8) is 0 Å². The molecule has 0 saturated heterocycles. The summed E-state index contributed by atoms with van der Waals surface area (Å²) in [5.74, 6) is 0.446. The Hall–Kier alpha value is -0.670. The van der Waals surface area contributed by atoms with Crippen LogP contribution in [0.4, 0.5) is 0 Å². The van der Waals surface area contributed by atoms with Crippen molar-refractivity contribution in [3.8, 4) is 0 Å². The summed E-state index contributed by atoms with van der Waals surface area (Å²) < 4.78 is 0. The standard InChI is InChI=1S/C13H19NOS/c14-12-7-3-1-2-6-11(12)13(15)9-10-5-4-8-16-10/h4-5,8,11-12H,1-3,6-7,9,14H2. The molecule has 0 amide bonds. The minimum Gasteiger partial charge on any atom is -0.327 e. The molecule has 16 heavy (non-hydrogen) atoms. The Labute approximate surface area is 101 Å². The largest absolute Gasteiger partial charge is 0.327 e. The van der Waals surface area contributed by atoms with E-state index in [0.717, 1.165) is 19.3 Å². The average Bonchev–Trinajstić information content (AvgIpc) is 2.66. The van der Waals surface area contributed by atoms with Gasteiger partial charge in [-0.15, -0.1) is 11.3 Å². The summed E-state index contributed by atoms with van der Waals surface area (Å²) in [5.41, 5.74) is 6.09. The van der Waals surface area contributed by atoms with E-state index in [1.807, 2.05) is 17.5 Å². The third kappa shape index (κ3) is 2.92. The Kier molecular flexibility index (Phi) is 4.13. The molecule has 2 N–H and O–H groups in total. The maximum atomic E-state index is 12.2. The van der Waals surface area contributed by atoms with Gasteiger partial charge >= 0.3 is 0 Å². The highest BCUT2D eigenvalue weighted by molar-refractivity contribution is 7.10. The molecule has 2 rings (SSSR count). The summed E-state index contributed by atoms with van der Waals surface area (Å²) in [7, 11) is 0. The van der Waals surface area contributed by atoms with Crippen LogP contribution >= 0.6 is 11.3 Å². The van der Waals surface area contributed by atoms with Gasteiger partial charge in [0.1, 0.15) is 5.78 Å². The van der Waals surface area contributed by atoms with E-state index in [1.54, 1.807) is 11.3 Å². The molecule has 3 heteroatoms. The highest BCUT2D eigenvalue weighted by Gasteiger charge is 2.26. The summed E-state index contributed by atoms with van der Waals surface area (Å²) in [6.45, 7) is 0. The number of nitrogens with two attached hydrogens (primary N) is 1. The molecule has 2 nitrogen and oxygen atoms in total. The molecule has 1 aliphatic carbocycles. The van der Waals surface area contributed by atoms with E-state index in [4.69, 9.17) is 5.73 Å². The summed E-state index contributed by atoms with van der Waals surface area (Å²) in [4.78, 5) is 13.3. The summed E-state index contributed by atoms with van der Waals surface area (Å²) >= 11 is 1.66. The third-order valence-electron chi connectivity index (χ3n) is 3.41. The van der Waals surface area contributed by atoms with Crippen molar-refractivity contribution < 1.29 is 4.79 Å². The quantitative estimate of drug-likeness (QED) is 0.821. The van der Waals surface area contributed by atoms with Gasteiger partial charge in [-0.25, -0.2) is 0 Å². The first-order valence-electron chi connectivity index (χ1n) is 6.08. The second kappa shape index (κ2) is 5.60. The van der Waals surface area contributed by atoms with Gasteiger partial charge in [0, 0.05) is 23.3 Å². The van der Waals surface area contributed by atoms with Crippen molar-refractivity contribution in [2.24, 2.45) is 11.7 Å². The zero-order valence-corrected chi connectivity index (χ0v) is 10.3. The van der Waals surface area contributed by atoms with Crippen molar-refractivity contribution in [1.29, 1.82) is 0 Å². The number of carbonyl (C=O) groups is 1. The normalized spacial score (nSPS) is 26.3. The molecule has 0 aliphatic heterocycles. The van der Waals surface area contributed by atoms with Crippen LogP contribution in [0.1, 0.15) is 37.0 Å². The molecule has 1 heterocycles. The predicted octanol–water partition coefficient (Wildman–Crippen LogP) is 2.77. The molecular weight excluding hydrogens is 218 g/mol. The molecule has 1 saturated carbocycles. The summed E-state index contributed by atoms with van der Waals surface area (Å²) in [6, 6.07) is 4.13. The van der Waals surface area contributed by atoms with Gasteiger partial charge in [0.2, 0.25) is 0 Å². The number of Topliss-reactive ketones (excluding diaryl/α,β-unsaturated/α-hetero) is 1. The van der Waals surface area contributed by atoms with Crippen LogP contribution in [0.2, 0.25) is 0 Å². The molecular formula is C13H19NOS. The van der Waals surface area contributed by atoms with Crippen LogP contribution in [-0.2, 0) is 11.2 Å². The van der Waals surface area contributed by atoms with E-state index in [1.165, 1.54) is 17.7 Å².